The minimum Gasteiger partial charge on any atom is -0.466 e. The predicted molar refractivity (Wildman–Crippen MR) is 59.4 cm³/mol. The van der Waals surface area contributed by atoms with Crippen LogP contribution in [0.2, 0.25) is 5.02 Å². The molecule has 0 atom stereocenters. The number of rotatable bonds is 3. The fraction of sp³-hybridized carbons (Fsp3) is 0.273. The van der Waals surface area contributed by atoms with Crippen molar-refractivity contribution in [3.05, 3.63) is 29.1 Å². The van der Waals surface area contributed by atoms with E-state index in [4.69, 9.17) is 20.8 Å². The van der Waals surface area contributed by atoms with E-state index in [1.165, 1.54) is 0 Å². The number of para-hydroxylation sites is 1. The van der Waals surface area contributed by atoms with Crippen LogP contribution in [-0.4, -0.2) is 17.6 Å². The molecule has 0 fully saturated rings. The summed E-state index contributed by atoms with van der Waals surface area (Å²) in [7, 11) is 0. The summed E-state index contributed by atoms with van der Waals surface area (Å²) in [5.41, 5.74) is 1.15. The zero-order valence-corrected chi connectivity index (χ0v) is 9.45. The molecule has 5 heteroatoms. The number of nitrogens with zero attached hydrogens (tertiary/aromatic N) is 1. The lowest BCUT2D eigenvalue weighted by Gasteiger charge is -1.96. The summed E-state index contributed by atoms with van der Waals surface area (Å²) in [5, 5.41) is 0.511. The number of ether oxygens (including phenoxy) is 1. The van der Waals surface area contributed by atoms with Gasteiger partial charge < -0.3 is 9.15 Å². The Morgan fingerprint density at radius 2 is 2.38 bits per heavy atom. The summed E-state index contributed by atoms with van der Waals surface area (Å²) in [5.74, 6) is -0.0354. The number of esters is 1. The fourth-order valence-electron chi connectivity index (χ4n) is 1.37. The minimum absolute atomic E-state index is 0.0266. The standard InChI is InChI=1S/C11H10ClNO3/c1-2-15-10(14)6-9-13-11-7(12)4-3-5-8(11)16-9/h3-5H,2,6H2,1H3. The van der Waals surface area contributed by atoms with Crippen LogP contribution in [-0.2, 0) is 16.0 Å². The average molecular weight is 240 g/mol. The number of carbonyl (C=O) groups excluding carboxylic acids is 1. The Hall–Kier alpha value is -1.55. The monoisotopic (exact) mass is 239 g/mol. The van der Waals surface area contributed by atoms with Gasteiger partial charge in [0.05, 0.1) is 11.6 Å². The molecule has 84 valence electrons. The van der Waals surface area contributed by atoms with Crippen molar-refractivity contribution < 1.29 is 13.9 Å². The van der Waals surface area contributed by atoms with Crippen molar-refractivity contribution in [3.63, 3.8) is 0 Å². The van der Waals surface area contributed by atoms with E-state index < -0.39 is 0 Å². The molecule has 1 heterocycles. The van der Waals surface area contributed by atoms with Gasteiger partial charge >= 0.3 is 5.97 Å². The second kappa shape index (κ2) is 4.53. The van der Waals surface area contributed by atoms with Gasteiger partial charge in [0.1, 0.15) is 11.9 Å². The van der Waals surface area contributed by atoms with Gasteiger partial charge in [-0.1, -0.05) is 17.7 Å². The number of oxazole rings is 1. The molecule has 2 aromatic rings. The SMILES string of the molecule is CCOC(=O)Cc1nc2c(Cl)cccc2o1. The Morgan fingerprint density at radius 1 is 1.56 bits per heavy atom. The molecule has 0 aliphatic rings. The van der Waals surface area contributed by atoms with Crippen LogP contribution in [0.5, 0.6) is 0 Å². The van der Waals surface area contributed by atoms with Crippen LogP contribution >= 0.6 is 11.6 Å². The highest BCUT2D eigenvalue weighted by Gasteiger charge is 2.12. The maximum absolute atomic E-state index is 11.2. The number of hydrogen-bond donors (Lipinski definition) is 0. The van der Waals surface area contributed by atoms with Gasteiger partial charge in [-0.25, -0.2) is 4.98 Å². The molecule has 0 saturated carbocycles. The lowest BCUT2D eigenvalue weighted by molar-refractivity contribution is -0.142. The number of benzene rings is 1. The van der Waals surface area contributed by atoms with E-state index in [9.17, 15) is 4.79 Å². The Morgan fingerprint density at radius 3 is 3.06 bits per heavy atom. The van der Waals surface area contributed by atoms with Gasteiger partial charge in [0.25, 0.3) is 0 Å². The molecule has 1 aromatic carbocycles. The van der Waals surface area contributed by atoms with Crippen molar-refractivity contribution in [1.82, 2.24) is 4.98 Å². The normalized spacial score (nSPS) is 10.6. The van der Waals surface area contributed by atoms with Crippen molar-refractivity contribution in [1.29, 1.82) is 0 Å². The number of fused-ring (bicyclic) bond motifs is 1. The lowest BCUT2D eigenvalue weighted by Crippen LogP contribution is -2.07. The smallest absolute Gasteiger partial charge is 0.315 e. The summed E-state index contributed by atoms with van der Waals surface area (Å²) < 4.78 is 10.2. The molecule has 0 spiro atoms. The molecule has 1 aromatic heterocycles. The molecule has 0 amide bonds. The molecular weight excluding hydrogens is 230 g/mol. The predicted octanol–water partition coefficient (Wildman–Crippen LogP) is 2.59. The van der Waals surface area contributed by atoms with E-state index in [0.29, 0.717) is 28.6 Å². The molecule has 0 bridgehead atoms. The maximum atomic E-state index is 11.2. The van der Waals surface area contributed by atoms with E-state index >= 15 is 0 Å². The first-order valence-corrected chi connectivity index (χ1v) is 5.28. The molecule has 0 aliphatic heterocycles. The third kappa shape index (κ3) is 2.17. The van der Waals surface area contributed by atoms with Crippen molar-refractivity contribution in [2.75, 3.05) is 6.61 Å². The highest BCUT2D eigenvalue weighted by molar-refractivity contribution is 6.34. The van der Waals surface area contributed by atoms with E-state index in [1.807, 2.05) is 0 Å². The van der Waals surface area contributed by atoms with Gasteiger partial charge in [-0.15, -0.1) is 0 Å². The van der Waals surface area contributed by atoms with Gasteiger partial charge in [-0.05, 0) is 19.1 Å². The van der Waals surface area contributed by atoms with Gasteiger partial charge in [0.2, 0.25) is 5.89 Å². The number of halogens is 1. The Labute approximate surface area is 97.2 Å². The van der Waals surface area contributed by atoms with Crippen LogP contribution < -0.4 is 0 Å². The molecule has 0 aliphatic carbocycles. The number of hydrogen-bond acceptors (Lipinski definition) is 4. The van der Waals surface area contributed by atoms with E-state index in [-0.39, 0.29) is 12.4 Å². The first-order chi connectivity index (χ1) is 7.70. The molecular formula is C11H10ClNO3. The first-order valence-electron chi connectivity index (χ1n) is 4.90. The second-order valence-corrected chi connectivity index (χ2v) is 3.58. The van der Waals surface area contributed by atoms with E-state index in [1.54, 1.807) is 25.1 Å². The number of aromatic nitrogens is 1. The zero-order valence-electron chi connectivity index (χ0n) is 8.70. The largest absolute Gasteiger partial charge is 0.466 e. The van der Waals surface area contributed by atoms with Gasteiger partial charge in [0.15, 0.2) is 5.58 Å². The summed E-state index contributed by atoms with van der Waals surface area (Å²) in [6.07, 6.45) is 0.0266. The third-order valence-electron chi connectivity index (χ3n) is 2.01. The van der Waals surface area contributed by atoms with Crippen LogP contribution in [0.15, 0.2) is 22.6 Å². The second-order valence-electron chi connectivity index (χ2n) is 3.18. The topological polar surface area (TPSA) is 52.3 Å². The van der Waals surface area contributed by atoms with Crippen molar-refractivity contribution in [2.45, 2.75) is 13.3 Å². The molecule has 0 radical (unpaired) electrons. The van der Waals surface area contributed by atoms with Gasteiger partial charge in [0, 0.05) is 0 Å². The van der Waals surface area contributed by atoms with Crippen LogP contribution in [0.25, 0.3) is 11.1 Å². The average Bonchev–Trinajstić information content (AvgIpc) is 2.62. The van der Waals surface area contributed by atoms with Crippen molar-refractivity contribution in [3.8, 4) is 0 Å². The van der Waals surface area contributed by atoms with Gasteiger partial charge in [-0.3, -0.25) is 4.79 Å². The Kier molecular flexibility index (Phi) is 3.10. The first kappa shape index (κ1) is 11.0. The summed E-state index contributed by atoms with van der Waals surface area (Å²) in [4.78, 5) is 15.4. The number of carbonyl (C=O) groups is 1. The highest BCUT2D eigenvalue weighted by atomic mass is 35.5. The quantitative estimate of drug-likeness (QED) is 0.773. The van der Waals surface area contributed by atoms with E-state index in [0.717, 1.165) is 0 Å². The highest BCUT2D eigenvalue weighted by Crippen LogP contribution is 2.23. The Balaban J connectivity index is 2.26. The molecule has 0 N–H and O–H groups in total. The Bertz CT molecular complexity index is 521. The zero-order chi connectivity index (χ0) is 11.5. The molecule has 0 saturated heterocycles. The molecule has 0 unspecified atom stereocenters. The third-order valence-corrected chi connectivity index (χ3v) is 2.32. The van der Waals surface area contributed by atoms with Crippen molar-refractivity contribution >= 4 is 28.7 Å². The molecule has 4 nitrogen and oxygen atoms in total. The van der Waals surface area contributed by atoms with Crippen LogP contribution in [0.3, 0.4) is 0 Å². The summed E-state index contributed by atoms with van der Waals surface area (Å²) in [6.45, 7) is 2.10. The van der Waals surface area contributed by atoms with Crippen LogP contribution in [0.4, 0.5) is 0 Å². The summed E-state index contributed by atoms with van der Waals surface area (Å²) in [6, 6.07) is 5.24. The summed E-state index contributed by atoms with van der Waals surface area (Å²) >= 11 is 5.93. The van der Waals surface area contributed by atoms with E-state index in [2.05, 4.69) is 4.98 Å². The van der Waals surface area contributed by atoms with Crippen LogP contribution in [0.1, 0.15) is 12.8 Å². The maximum Gasteiger partial charge on any atom is 0.315 e. The minimum atomic E-state index is -0.356. The molecule has 16 heavy (non-hydrogen) atoms. The molecule has 2 rings (SSSR count). The lowest BCUT2D eigenvalue weighted by atomic mass is 10.3. The van der Waals surface area contributed by atoms with Crippen LogP contribution in [0, 0.1) is 0 Å². The fourth-order valence-corrected chi connectivity index (χ4v) is 1.58. The van der Waals surface area contributed by atoms with Crippen molar-refractivity contribution in [2.24, 2.45) is 0 Å². The van der Waals surface area contributed by atoms with Gasteiger partial charge in [-0.2, -0.15) is 0 Å².